The zero-order chi connectivity index (χ0) is 28.1. The summed E-state index contributed by atoms with van der Waals surface area (Å²) in [5.74, 6) is 2.02. The zero-order valence-electron chi connectivity index (χ0n) is 23.4. The average molecular weight is 541 g/mol. The lowest BCUT2D eigenvalue weighted by atomic mass is 10.0. The molecule has 212 valence electrons. The Balaban J connectivity index is 1.56. The summed E-state index contributed by atoms with van der Waals surface area (Å²) in [4.78, 5) is 29.6. The molecule has 10 nitrogen and oxygen atoms in total. The van der Waals surface area contributed by atoms with Crippen LogP contribution in [-0.4, -0.2) is 78.6 Å². The number of fused-ring (bicyclic) bond motifs is 2. The maximum Gasteiger partial charge on any atom is 0.319 e. The standard InChI is InChI=1S/C29H40N4O6/c1-18(2)30-29(36)31-23-7-9-24-22(11-23)12-28(35)33(20(4)16-34)13-19(3)27(39-24)15-32(5)14-21-6-8-25-26(10-21)38-17-37-25/h6-11,18-20,27,34H,12-17H2,1-5H3,(H2,30,31,36)/t19-,20+,27-/m0/s1. The summed E-state index contributed by atoms with van der Waals surface area (Å²) in [5.41, 5.74) is 2.36. The number of nitrogens with zero attached hydrogens (tertiary/aromatic N) is 2. The van der Waals surface area contributed by atoms with E-state index < -0.39 is 0 Å². The van der Waals surface area contributed by atoms with Crippen LogP contribution in [0.25, 0.3) is 0 Å². The van der Waals surface area contributed by atoms with E-state index in [-0.39, 0.29) is 55.9 Å². The number of benzene rings is 2. The molecule has 3 N–H and O–H groups in total. The Morgan fingerprint density at radius 1 is 1.13 bits per heavy atom. The molecule has 2 aromatic rings. The first-order valence-corrected chi connectivity index (χ1v) is 13.5. The molecule has 0 aromatic heterocycles. The lowest BCUT2D eigenvalue weighted by molar-refractivity contribution is -0.134. The predicted molar refractivity (Wildman–Crippen MR) is 148 cm³/mol. The van der Waals surface area contributed by atoms with Gasteiger partial charge >= 0.3 is 6.03 Å². The van der Waals surface area contributed by atoms with Crippen LogP contribution in [-0.2, 0) is 17.8 Å². The molecule has 2 aliphatic heterocycles. The fourth-order valence-corrected chi connectivity index (χ4v) is 4.88. The van der Waals surface area contributed by atoms with Crippen LogP contribution < -0.4 is 24.8 Å². The van der Waals surface area contributed by atoms with E-state index in [0.29, 0.717) is 36.6 Å². The number of hydrogen-bond donors (Lipinski definition) is 3. The van der Waals surface area contributed by atoms with Crippen LogP contribution in [0.3, 0.4) is 0 Å². The molecule has 0 radical (unpaired) electrons. The molecule has 0 aliphatic carbocycles. The summed E-state index contributed by atoms with van der Waals surface area (Å²) in [6.45, 7) is 9.55. The van der Waals surface area contributed by atoms with Crippen molar-refractivity contribution >= 4 is 17.6 Å². The summed E-state index contributed by atoms with van der Waals surface area (Å²) in [6, 6.07) is 10.7. The van der Waals surface area contributed by atoms with Crippen molar-refractivity contribution in [2.75, 3.05) is 38.9 Å². The van der Waals surface area contributed by atoms with E-state index in [1.807, 2.05) is 52.1 Å². The molecule has 3 amide bonds. The number of rotatable bonds is 8. The van der Waals surface area contributed by atoms with E-state index in [9.17, 15) is 14.7 Å². The zero-order valence-corrected chi connectivity index (χ0v) is 23.4. The van der Waals surface area contributed by atoms with Gasteiger partial charge in [-0.25, -0.2) is 4.79 Å². The highest BCUT2D eigenvalue weighted by Crippen LogP contribution is 2.33. The number of anilines is 1. The van der Waals surface area contributed by atoms with Crippen molar-refractivity contribution < 1.29 is 28.9 Å². The van der Waals surface area contributed by atoms with E-state index in [4.69, 9.17) is 14.2 Å². The first kappa shape index (κ1) is 28.5. The number of hydrogen-bond acceptors (Lipinski definition) is 7. The number of carbonyl (C=O) groups is 2. The van der Waals surface area contributed by atoms with Crippen molar-refractivity contribution in [2.24, 2.45) is 5.92 Å². The van der Waals surface area contributed by atoms with Crippen molar-refractivity contribution in [2.45, 2.75) is 58.8 Å². The van der Waals surface area contributed by atoms with Gasteiger partial charge in [0.2, 0.25) is 12.7 Å². The molecular formula is C29H40N4O6. The van der Waals surface area contributed by atoms with Gasteiger partial charge in [-0.15, -0.1) is 0 Å². The van der Waals surface area contributed by atoms with Crippen LogP contribution >= 0.6 is 0 Å². The van der Waals surface area contributed by atoms with Gasteiger partial charge in [0.1, 0.15) is 11.9 Å². The van der Waals surface area contributed by atoms with Gasteiger partial charge in [-0.2, -0.15) is 0 Å². The molecule has 0 unspecified atom stereocenters. The van der Waals surface area contributed by atoms with Crippen LogP contribution in [0.15, 0.2) is 36.4 Å². The van der Waals surface area contributed by atoms with E-state index in [2.05, 4.69) is 22.5 Å². The fraction of sp³-hybridized carbons (Fsp3) is 0.517. The molecule has 0 saturated carbocycles. The lowest BCUT2D eigenvalue weighted by Crippen LogP contribution is -2.47. The Hall–Kier alpha value is -3.50. The second-order valence-electron chi connectivity index (χ2n) is 10.8. The third kappa shape index (κ3) is 7.33. The average Bonchev–Trinajstić information content (AvgIpc) is 3.35. The Bertz CT molecular complexity index is 1170. The van der Waals surface area contributed by atoms with Gasteiger partial charge in [-0.3, -0.25) is 9.69 Å². The maximum atomic E-state index is 13.4. The van der Waals surface area contributed by atoms with E-state index >= 15 is 0 Å². The highest BCUT2D eigenvalue weighted by atomic mass is 16.7. The van der Waals surface area contributed by atoms with Crippen molar-refractivity contribution in [1.29, 1.82) is 0 Å². The molecular weight excluding hydrogens is 500 g/mol. The quantitative estimate of drug-likeness (QED) is 0.471. The number of likely N-dealkylation sites (N-methyl/N-ethyl adjacent to an activating group) is 1. The second kappa shape index (κ2) is 12.6. The number of urea groups is 1. The molecule has 0 spiro atoms. The molecule has 0 saturated heterocycles. The maximum absolute atomic E-state index is 13.4. The topological polar surface area (TPSA) is 113 Å². The van der Waals surface area contributed by atoms with Gasteiger partial charge in [-0.1, -0.05) is 13.0 Å². The normalized spacial score (nSPS) is 19.6. The number of carbonyl (C=O) groups excluding carboxylic acids is 2. The van der Waals surface area contributed by atoms with Crippen molar-refractivity contribution in [3.8, 4) is 17.2 Å². The molecule has 2 aliphatic rings. The van der Waals surface area contributed by atoms with Gasteiger partial charge in [0.15, 0.2) is 11.5 Å². The number of amides is 3. The Morgan fingerprint density at radius 2 is 1.87 bits per heavy atom. The number of nitrogens with one attached hydrogen (secondary N) is 2. The smallest absolute Gasteiger partial charge is 0.319 e. The number of ether oxygens (including phenoxy) is 3. The summed E-state index contributed by atoms with van der Waals surface area (Å²) in [7, 11) is 2.04. The minimum atomic E-state index is -0.327. The lowest BCUT2D eigenvalue weighted by Gasteiger charge is -2.34. The highest BCUT2D eigenvalue weighted by molar-refractivity contribution is 5.90. The predicted octanol–water partition coefficient (Wildman–Crippen LogP) is 3.23. The fourth-order valence-electron chi connectivity index (χ4n) is 4.88. The number of aliphatic hydroxyl groups is 1. The number of aliphatic hydroxyl groups excluding tert-OH is 1. The molecule has 0 fully saturated rings. The largest absolute Gasteiger partial charge is 0.488 e. The summed E-state index contributed by atoms with van der Waals surface area (Å²) < 4.78 is 17.5. The third-order valence-electron chi connectivity index (χ3n) is 6.98. The highest BCUT2D eigenvalue weighted by Gasteiger charge is 2.31. The van der Waals surface area contributed by atoms with Crippen molar-refractivity contribution in [3.63, 3.8) is 0 Å². The van der Waals surface area contributed by atoms with Crippen molar-refractivity contribution in [3.05, 3.63) is 47.5 Å². The minimum Gasteiger partial charge on any atom is -0.488 e. The minimum absolute atomic E-state index is 0.00631. The van der Waals surface area contributed by atoms with E-state index in [1.165, 1.54) is 0 Å². The van der Waals surface area contributed by atoms with Gasteiger partial charge in [0.25, 0.3) is 0 Å². The van der Waals surface area contributed by atoms with Gasteiger partial charge in [0, 0.05) is 42.8 Å². The summed E-state index contributed by atoms with van der Waals surface area (Å²) in [5, 5.41) is 15.5. The Kier molecular flexibility index (Phi) is 9.19. The first-order chi connectivity index (χ1) is 18.6. The molecule has 4 rings (SSSR count). The molecule has 0 bridgehead atoms. The monoisotopic (exact) mass is 540 g/mol. The molecule has 2 heterocycles. The Labute approximate surface area is 230 Å². The summed E-state index contributed by atoms with van der Waals surface area (Å²) in [6.07, 6.45) is -0.127. The van der Waals surface area contributed by atoms with E-state index in [1.54, 1.807) is 17.0 Å². The van der Waals surface area contributed by atoms with Gasteiger partial charge in [0.05, 0.1) is 19.1 Å². The van der Waals surface area contributed by atoms with Crippen LogP contribution in [0.4, 0.5) is 10.5 Å². The second-order valence-corrected chi connectivity index (χ2v) is 10.8. The van der Waals surface area contributed by atoms with E-state index in [0.717, 1.165) is 17.1 Å². The Morgan fingerprint density at radius 3 is 2.62 bits per heavy atom. The SMILES string of the molecule is CC(C)NC(=O)Nc1ccc2c(c1)CC(=O)N([C@H](C)CO)C[C@H](C)[C@H](CN(C)Cc1ccc3c(c1)OCO3)O2. The van der Waals surface area contributed by atoms with Gasteiger partial charge in [-0.05, 0) is 63.7 Å². The molecule has 39 heavy (non-hydrogen) atoms. The van der Waals surface area contributed by atoms with Crippen molar-refractivity contribution in [1.82, 2.24) is 15.1 Å². The summed E-state index contributed by atoms with van der Waals surface area (Å²) >= 11 is 0. The van der Waals surface area contributed by atoms with Gasteiger partial charge < -0.3 is 34.9 Å². The molecule has 3 atom stereocenters. The molecule has 2 aromatic carbocycles. The van der Waals surface area contributed by atoms with Crippen LogP contribution in [0.2, 0.25) is 0 Å². The van der Waals surface area contributed by atoms with Crippen LogP contribution in [0.1, 0.15) is 38.8 Å². The van der Waals surface area contributed by atoms with Crippen LogP contribution in [0.5, 0.6) is 17.2 Å². The third-order valence-corrected chi connectivity index (χ3v) is 6.98. The molecule has 10 heteroatoms. The first-order valence-electron chi connectivity index (χ1n) is 13.5. The van der Waals surface area contributed by atoms with Crippen LogP contribution in [0, 0.1) is 5.92 Å².